The van der Waals surface area contributed by atoms with E-state index in [1.54, 1.807) is 0 Å². The van der Waals surface area contributed by atoms with Crippen molar-refractivity contribution in [3.05, 3.63) is 34.7 Å². The van der Waals surface area contributed by atoms with E-state index in [9.17, 15) is 0 Å². The lowest BCUT2D eigenvalue weighted by Crippen LogP contribution is -2.15. The maximum absolute atomic E-state index is 5.27. The molecule has 5 heteroatoms. The van der Waals surface area contributed by atoms with Crippen LogP contribution in [-0.2, 0) is 26.6 Å². The Bertz CT molecular complexity index is 542. The van der Waals surface area contributed by atoms with Gasteiger partial charge in [-0.15, -0.1) is 0 Å². The van der Waals surface area contributed by atoms with Gasteiger partial charge < -0.3 is 14.4 Å². The fourth-order valence-corrected chi connectivity index (χ4v) is 2.05. The fraction of sp³-hybridized carbons (Fsp3) is 0.571. The van der Waals surface area contributed by atoms with Crippen molar-refractivity contribution < 1.29 is 4.52 Å². The Hall–Kier alpha value is -1.62. The summed E-state index contributed by atoms with van der Waals surface area (Å²) >= 11 is 0. The molecule has 5 nitrogen and oxygen atoms in total. The Morgan fingerprint density at radius 1 is 1.32 bits per heavy atom. The Morgan fingerprint density at radius 3 is 2.74 bits per heavy atom. The normalized spacial score (nSPS) is 11.2. The zero-order chi connectivity index (χ0) is 13.8. The van der Waals surface area contributed by atoms with Crippen molar-refractivity contribution >= 4 is 0 Å². The summed E-state index contributed by atoms with van der Waals surface area (Å²) in [7, 11) is 2.04. The summed E-state index contributed by atoms with van der Waals surface area (Å²) in [5, 5.41) is 7.37. The molecule has 2 aromatic heterocycles. The number of nitrogens with one attached hydrogen (secondary N) is 1. The molecule has 0 amide bonds. The molecule has 0 aromatic carbocycles. The molecule has 0 saturated carbocycles. The molecule has 0 aliphatic heterocycles. The van der Waals surface area contributed by atoms with Gasteiger partial charge in [0.25, 0.3) is 0 Å². The van der Waals surface area contributed by atoms with E-state index in [0.717, 1.165) is 42.4 Å². The number of hydrogen-bond acceptors (Lipinski definition) is 4. The third-order valence-electron chi connectivity index (χ3n) is 3.41. The van der Waals surface area contributed by atoms with Crippen LogP contribution in [0.3, 0.4) is 0 Å². The van der Waals surface area contributed by atoms with Crippen LogP contribution in [-0.4, -0.2) is 14.7 Å². The van der Waals surface area contributed by atoms with Gasteiger partial charge in [0.2, 0.25) is 0 Å². The highest BCUT2D eigenvalue weighted by Gasteiger charge is 2.08. The molecular weight excluding hydrogens is 240 g/mol. The van der Waals surface area contributed by atoms with Gasteiger partial charge in [-0.05, 0) is 20.3 Å². The molecule has 0 aliphatic carbocycles. The fourth-order valence-electron chi connectivity index (χ4n) is 2.05. The molecule has 2 heterocycles. The number of nitrogens with zero attached hydrogens (tertiary/aromatic N) is 3. The van der Waals surface area contributed by atoms with Crippen LogP contribution in [0.25, 0.3) is 0 Å². The second-order valence-electron chi connectivity index (χ2n) is 4.90. The monoisotopic (exact) mass is 262 g/mol. The van der Waals surface area contributed by atoms with E-state index >= 15 is 0 Å². The SMILES string of the molecule is CCCc1cc(CNCc2nc(C)c(C)n2C)on1. The zero-order valence-corrected chi connectivity index (χ0v) is 12.2. The summed E-state index contributed by atoms with van der Waals surface area (Å²) in [4.78, 5) is 4.53. The van der Waals surface area contributed by atoms with Crippen molar-refractivity contribution in [3.63, 3.8) is 0 Å². The van der Waals surface area contributed by atoms with Crippen LogP contribution in [0.1, 0.15) is 42.0 Å². The molecule has 104 valence electrons. The largest absolute Gasteiger partial charge is 0.360 e. The standard InChI is InChI=1S/C14H22N4O/c1-5-6-12-7-13(19-17-12)8-15-9-14-16-10(2)11(3)18(14)4/h7,15H,5-6,8-9H2,1-4H3. The van der Waals surface area contributed by atoms with Crippen LogP contribution in [0.4, 0.5) is 0 Å². The lowest BCUT2D eigenvalue weighted by molar-refractivity contribution is 0.366. The Balaban J connectivity index is 1.87. The van der Waals surface area contributed by atoms with E-state index in [-0.39, 0.29) is 0 Å². The average Bonchev–Trinajstić information content (AvgIpc) is 2.92. The second kappa shape index (κ2) is 6.02. The van der Waals surface area contributed by atoms with E-state index in [2.05, 4.69) is 33.9 Å². The Morgan fingerprint density at radius 2 is 2.11 bits per heavy atom. The third kappa shape index (κ3) is 3.23. The molecule has 0 saturated heterocycles. The number of aryl methyl sites for hydroxylation is 2. The Kier molecular flexibility index (Phi) is 4.37. The number of imidazole rings is 1. The first-order valence-corrected chi connectivity index (χ1v) is 6.75. The van der Waals surface area contributed by atoms with Gasteiger partial charge in [0.15, 0.2) is 5.76 Å². The predicted octanol–water partition coefficient (Wildman–Crippen LogP) is 2.27. The smallest absolute Gasteiger partial charge is 0.150 e. The number of hydrogen-bond donors (Lipinski definition) is 1. The molecule has 1 N–H and O–H groups in total. The molecule has 0 atom stereocenters. The van der Waals surface area contributed by atoms with Crippen LogP contribution in [0.5, 0.6) is 0 Å². The lowest BCUT2D eigenvalue weighted by atomic mass is 10.2. The highest BCUT2D eigenvalue weighted by atomic mass is 16.5. The average molecular weight is 262 g/mol. The summed E-state index contributed by atoms with van der Waals surface area (Å²) in [6, 6.07) is 2.02. The number of aromatic nitrogens is 3. The maximum atomic E-state index is 5.27. The lowest BCUT2D eigenvalue weighted by Gasteiger charge is -2.03. The molecule has 0 spiro atoms. The van der Waals surface area contributed by atoms with E-state index in [4.69, 9.17) is 4.52 Å². The minimum Gasteiger partial charge on any atom is -0.360 e. The highest BCUT2D eigenvalue weighted by Crippen LogP contribution is 2.09. The summed E-state index contributed by atoms with van der Waals surface area (Å²) in [5.74, 6) is 1.93. The van der Waals surface area contributed by atoms with Crippen molar-refractivity contribution in [2.24, 2.45) is 7.05 Å². The summed E-state index contributed by atoms with van der Waals surface area (Å²) < 4.78 is 7.39. The van der Waals surface area contributed by atoms with Crippen molar-refractivity contribution in [2.75, 3.05) is 0 Å². The van der Waals surface area contributed by atoms with Gasteiger partial charge in [-0.1, -0.05) is 18.5 Å². The zero-order valence-electron chi connectivity index (χ0n) is 12.2. The topological polar surface area (TPSA) is 55.9 Å². The summed E-state index contributed by atoms with van der Waals surface area (Å²) in [5.41, 5.74) is 3.33. The molecule has 0 aliphatic rings. The molecule has 0 fully saturated rings. The van der Waals surface area contributed by atoms with Crippen LogP contribution in [0, 0.1) is 13.8 Å². The van der Waals surface area contributed by atoms with Gasteiger partial charge in [0, 0.05) is 18.8 Å². The summed E-state index contributed by atoms with van der Waals surface area (Å²) in [6.45, 7) is 7.67. The quantitative estimate of drug-likeness (QED) is 0.867. The van der Waals surface area contributed by atoms with Gasteiger partial charge in [-0.2, -0.15) is 0 Å². The molecule has 2 rings (SSSR count). The van der Waals surface area contributed by atoms with Crippen LogP contribution < -0.4 is 5.32 Å². The summed E-state index contributed by atoms with van der Waals surface area (Å²) in [6.07, 6.45) is 2.06. The van der Waals surface area contributed by atoms with Crippen LogP contribution >= 0.6 is 0 Å². The van der Waals surface area contributed by atoms with Gasteiger partial charge >= 0.3 is 0 Å². The van der Waals surface area contributed by atoms with Crippen molar-refractivity contribution in [3.8, 4) is 0 Å². The van der Waals surface area contributed by atoms with Crippen molar-refractivity contribution in [1.29, 1.82) is 0 Å². The van der Waals surface area contributed by atoms with Gasteiger partial charge in [0.05, 0.1) is 24.5 Å². The van der Waals surface area contributed by atoms with E-state index in [0.29, 0.717) is 6.54 Å². The van der Waals surface area contributed by atoms with E-state index in [1.807, 2.05) is 20.0 Å². The van der Waals surface area contributed by atoms with Gasteiger partial charge in [0.1, 0.15) is 5.82 Å². The van der Waals surface area contributed by atoms with Gasteiger partial charge in [-0.3, -0.25) is 0 Å². The first-order valence-electron chi connectivity index (χ1n) is 6.75. The minimum absolute atomic E-state index is 0.682. The highest BCUT2D eigenvalue weighted by molar-refractivity contribution is 5.13. The second-order valence-corrected chi connectivity index (χ2v) is 4.90. The Labute approximate surface area is 114 Å². The number of rotatable bonds is 6. The molecular formula is C14H22N4O. The van der Waals surface area contributed by atoms with E-state index in [1.165, 1.54) is 5.69 Å². The molecule has 0 radical (unpaired) electrons. The first kappa shape index (κ1) is 13.8. The van der Waals surface area contributed by atoms with E-state index < -0.39 is 0 Å². The molecule has 0 unspecified atom stereocenters. The van der Waals surface area contributed by atoms with Crippen LogP contribution in [0.2, 0.25) is 0 Å². The molecule has 2 aromatic rings. The molecule has 19 heavy (non-hydrogen) atoms. The third-order valence-corrected chi connectivity index (χ3v) is 3.41. The van der Waals surface area contributed by atoms with Crippen molar-refractivity contribution in [1.82, 2.24) is 20.0 Å². The van der Waals surface area contributed by atoms with Gasteiger partial charge in [-0.25, -0.2) is 4.98 Å². The molecule has 0 bridgehead atoms. The van der Waals surface area contributed by atoms with Crippen molar-refractivity contribution in [2.45, 2.75) is 46.7 Å². The minimum atomic E-state index is 0.682. The van der Waals surface area contributed by atoms with Crippen LogP contribution in [0.15, 0.2) is 10.6 Å². The predicted molar refractivity (Wildman–Crippen MR) is 73.7 cm³/mol. The maximum Gasteiger partial charge on any atom is 0.150 e. The first-order chi connectivity index (χ1) is 9.11.